The van der Waals surface area contributed by atoms with Gasteiger partial charge in [-0.2, -0.15) is 0 Å². The van der Waals surface area contributed by atoms with E-state index >= 15 is 0 Å². The predicted molar refractivity (Wildman–Crippen MR) is 84.0 cm³/mol. The lowest BCUT2D eigenvalue weighted by molar-refractivity contribution is 0.106. The molecule has 1 N–H and O–H groups in total. The Hall–Kier alpha value is -0.870. The number of nitrogens with zero attached hydrogens (tertiary/aromatic N) is 3. The summed E-state index contributed by atoms with van der Waals surface area (Å²) in [6, 6.07) is 0.443. The highest BCUT2D eigenvalue weighted by Crippen LogP contribution is 2.26. The summed E-state index contributed by atoms with van der Waals surface area (Å²) in [5.74, 6) is 1.20. The van der Waals surface area contributed by atoms with Crippen LogP contribution >= 0.6 is 0 Å². The Kier molecular flexibility index (Phi) is 5.22. The van der Waals surface area contributed by atoms with E-state index in [-0.39, 0.29) is 5.54 Å². The third-order valence-corrected chi connectivity index (χ3v) is 4.75. The minimum atomic E-state index is 0.178. The van der Waals surface area contributed by atoms with Gasteiger partial charge in [-0.1, -0.05) is 6.92 Å². The normalized spacial score (nSPS) is 18.6. The molecule has 0 amide bonds. The third kappa shape index (κ3) is 3.23. The number of likely N-dealkylation sites (tertiary alicyclic amines) is 1. The average molecular weight is 278 g/mol. The van der Waals surface area contributed by atoms with Crippen LogP contribution in [-0.2, 0) is 13.0 Å². The van der Waals surface area contributed by atoms with Crippen molar-refractivity contribution in [1.82, 2.24) is 19.8 Å². The largest absolute Gasteiger partial charge is 0.335 e. The van der Waals surface area contributed by atoms with E-state index in [9.17, 15) is 0 Å². The van der Waals surface area contributed by atoms with Crippen molar-refractivity contribution in [1.29, 1.82) is 0 Å². The van der Waals surface area contributed by atoms with Crippen molar-refractivity contribution in [3.05, 3.63) is 18.2 Å². The third-order valence-electron chi connectivity index (χ3n) is 4.75. The van der Waals surface area contributed by atoms with Gasteiger partial charge in [0.2, 0.25) is 0 Å². The quantitative estimate of drug-likeness (QED) is 0.831. The van der Waals surface area contributed by atoms with Crippen molar-refractivity contribution >= 4 is 0 Å². The van der Waals surface area contributed by atoms with Gasteiger partial charge in [-0.05, 0) is 53.2 Å². The van der Waals surface area contributed by atoms with Crippen LogP contribution in [0.5, 0.6) is 0 Å². The SMILES string of the molecule is CCNC(Cc1nccn1CC)C(C)(C)N1CCCC1. The zero-order valence-electron chi connectivity index (χ0n) is 13.5. The van der Waals surface area contributed by atoms with Gasteiger partial charge in [0.1, 0.15) is 5.82 Å². The first-order valence-corrected chi connectivity index (χ1v) is 8.08. The summed E-state index contributed by atoms with van der Waals surface area (Å²) >= 11 is 0. The minimum Gasteiger partial charge on any atom is -0.335 e. The number of likely N-dealkylation sites (N-methyl/N-ethyl adjacent to an activating group) is 1. The molecular weight excluding hydrogens is 248 g/mol. The number of nitrogens with one attached hydrogen (secondary N) is 1. The van der Waals surface area contributed by atoms with Gasteiger partial charge in [0.05, 0.1) is 0 Å². The topological polar surface area (TPSA) is 33.1 Å². The zero-order chi connectivity index (χ0) is 14.6. The second-order valence-corrected chi connectivity index (χ2v) is 6.29. The van der Waals surface area contributed by atoms with Gasteiger partial charge in [0.15, 0.2) is 0 Å². The predicted octanol–water partition coefficient (Wildman–Crippen LogP) is 2.30. The van der Waals surface area contributed by atoms with E-state index in [1.165, 1.54) is 31.8 Å². The standard InChI is InChI=1S/C16H30N4/c1-5-17-14(13-15-18-9-12-19(15)6-2)16(3,4)20-10-7-8-11-20/h9,12,14,17H,5-8,10-11,13H2,1-4H3. The molecule has 114 valence electrons. The van der Waals surface area contributed by atoms with Crippen LogP contribution in [0.2, 0.25) is 0 Å². The molecule has 0 spiro atoms. The summed E-state index contributed by atoms with van der Waals surface area (Å²) in [6.45, 7) is 13.6. The molecule has 1 atom stereocenters. The lowest BCUT2D eigenvalue weighted by Gasteiger charge is -2.42. The summed E-state index contributed by atoms with van der Waals surface area (Å²) in [6.07, 6.45) is 7.68. The maximum atomic E-state index is 4.55. The molecule has 0 saturated carbocycles. The number of imidazole rings is 1. The van der Waals surface area contributed by atoms with Crippen molar-refractivity contribution in [2.24, 2.45) is 0 Å². The fraction of sp³-hybridized carbons (Fsp3) is 0.812. The van der Waals surface area contributed by atoms with E-state index in [4.69, 9.17) is 0 Å². The number of aromatic nitrogens is 2. The molecule has 4 heteroatoms. The Morgan fingerprint density at radius 3 is 2.60 bits per heavy atom. The van der Waals surface area contributed by atoms with Gasteiger partial charge in [-0.3, -0.25) is 4.90 Å². The van der Waals surface area contributed by atoms with Crippen LogP contribution in [-0.4, -0.2) is 45.7 Å². The molecule has 0 radical (unpaired) electrons. The lowest BCUT2D eigenvalue weighted by Crippen LogP contribution is -2.58. The molecule has 2 rings (SSSR count). The molecule has 1 saturated heterocycles. The zero-order valence-corrected chi connectivity index (χ0v) is 13.5. The van der Waals surface area contributed by atoms with Gasteiger partial charge < -0.3 is 9.88 Å². The highest BCUT2D eigenvalue weighted by Gasteiger charge is 2.36. The van der Waals surface area contributed by atoms with E-state index in [1.54, 1.807) is 0 Å². The maximum absolute atomic E-state index is 4.55. The molecular formula is C16H30N4. The Bertz CT molecular complexity index is 404. The lowest BCUT2D eigenvalue weighted by atomic mass is 9.89. The first-order chi connectivity index (χ1) is 9.59. The Morgan fingerprint density at radius 2 is 2.00 bits per heavy atom. The van der Waals surface area contributed by atoms with Gasteiger partial charge in [0.25, 0.3) is 0 Å². The molecule has 0 aliphatic carbocycles. The van der Waals surface area contributed by atoms with Crippen LogP contribution in [0.4, 0.5) is 0 Å². The smallest absolute Gasteiger partial charge is 0.110 e. The summed E-state index contributed by atoms with van der Waals surface area (Å²) < 4.78 is 2.25. The molecule has 0 aromatic carbocycles. The van der Waals surface area contributed by atoms with Gasteiger partial charge in [0, 0.05) is 36.9 Å². The van der Waals surface area contributed by atoms with Crippen LogP contribution in [0.25, 0.3) is 0 Å². The van der Waals surface area contributed by atoms with E-state index in [0.717, 1.165) is 19.5 Å². The summed E-state index contributed by atoms with van der Waals surface area (Å²) in [5, 5.41) is 3.69. The first-order valence-electron chi connectivity index (χ1n) is 8.08. The molecule has 20 heavy (non-hydrogen) atoms. The number of aryl methyl sites for hydroxylation is 1. The van der Waals surface area contributed by atoms with Crippen LogP contribution in [0, 0.1) is 0 Å². The minimum absolute atomic E-state index is 0.178. The monoisotopic (exact) mass is 278 g/mol. The van der Waals surface area contributed by atoms with E-state index in [0.29, 0.717) is 6.04 Å². The van der Waals surface area contributed by atoms with Gasteiger partial charge in [-0.15, -0.1) is 0 Å². The van der Waals surface area contributed by atoms with Crippen LogP contribution < -0.4 is 5.32 Å². The summed E-state index contributed by atoms with van der Waals surface area (Å²) in [5.41, 5.74) is 0.178. The van der Waals surface area contributed by atoms with Crippen LogP contribution in [0.15, 0.2) is 12.4 Å². The van der Waals surface area contributed by atoms with E-state index < -0.39 is 0 Å². The van der Waals surface area contributed by atoms with E-state index in [1.807, 2.05) is 6.20 Å². The fourth-order valence-corrected chi connectivity index (χ4v) is 3.33. The highest BCUT2D eigenvalue weighted by molar-refractivity contribution is 5.03. The fourth-order valence-electron chi connectivity index (χ4n) is 3.33. The summed E-state index contributed by atoms with van der Waals surface area (Å²) in [4.78, 5) is 7.19. The Balaban J connectivity index is 2.13. The molecule has 1 aromatic rings. The molecule has 1 fully saturated rings. The molecule has 2 heterocycles. The van der Waals surface area contributed by atoms with Crippen molar-refractivity contribution in [3.63, 3.8) is 0 Å². The van der Waals surface area contributed by atoms with Crippen molar-refractivity contribution in [2.75, 3.05) is 19.6 Å². The average Bonchev–Trinajstić information content (AvgIpc) is 3.09. The maximum Gasteiger partial charge on any atom is 0.110 e. The van der Waals surface area contributed by atoms with Crippen molar-refractivity contribution in [3.8, 4) is 0 Å². The second-order valence-electron chi connectivity index (χ2n) is 6.29. The van der Waals surface area contributed by atoms with Crippen LogP contribution in [0.1, 0.15) is 46.4 Å². The highest BCUT2D eigenvalue weighted by atomic mass is 15.2. The molecule has 1 aliphatic heterocycles. The summed E-state index contributed by atoms with van der Waals surface area (Å²) in [7, 11) is 0. The van der Waals surface area contributed by atoms with Gasteiger partial charge >= 0.3 is 0 Å². The number of rotatable bonds is 7. The second kappa shape index (κ2) is 6.72. The molecule has 0 bridgehead atoms. The van der Waals surface area contributed by atoms with E-state index in [2.05, 4.69) is 53.7 Å². The molecule has 4 nitrogen and oxygen atoms in total. The van der Waals surface area contributed by atoms with Crippen LogP contribution in [0.3, 0.4) is 0 Å². The number of hydrogen-bond donors (Lipinski definition) is 1. The van der Waals surface area contributed by atoms with Crippen molar-refractivity contribution in [2.45, 2.75) is 65.1 Å². The molecule has 1 unspecified atom stereocenters. The first kappa shape index (κ1) is 15.5. The molecule has 1 aromatic heterocycles. The number of hydrogen-bond acceptors (Lipinski definition) is 3. The molecule has 1 aliphatic rings. The van der Waals surface area contributed by atoms with Gasteiger partial charge in [-0.25, -0.2) is 4.98 Å². The van der Waals surface area contributed by atoms with Crippen molar-refractivity contribution < 1.29 is 0 Å². The Labute approximate surface area is 123 Å². The Morgan fingerprint density at radius 1 is 1.30 bits per heavy atom.